The number of imide groups is 1. The second-order valence-electron chi connectivity index (χ2n) is 13.0. The van der Waals surface area contributed by atoms with Crippen LogP contribution in [0, 0.1) is 0 Å². The van der Waals surface area contributed by atoms with Crippen LogP contribution in [-0.2, 0) is 40.0 Å². The van der Waals surface area contributed by atoms with Crippen molar-refractivity contribution in [2.45, 2.75) is 49.9 Å². The van der Waals surface area contributed by atoms with Gasteiger partial charge in [0, 0.05) is 30.1 Å². The molecule has 4 rings (SSSR count). The van der Waals surface area contributed by atoms with E-state index in [4.69, 9.17) is 17.2 Å². The van der Waals surface area contributed by atoms with E-state index in [2.05, 4.69) is 36.6 Å². The Morgan fingerprint density at radius 2 is 1.36 bits per heavy atom. The summed E-state index contributed by atoms with van der Waals surface area (Å²) in [5, 5.41) is 31.5. The van der Waals surface area contributed by atoms with Crippen molar-refractivity contribution in [2.75, 3.05) is 26.2 Å². The van der Waals surface area contributed by atoms with E-state index in [9.17, 15) is 53.4 Å². The van der Waals surface area contributed by atoms with E-state index in [1.807, 2.05) is 0 Å². The highest BCUT2D eigenvalue weighted by atomic mass is 16.4. The van der Waals surface area contributed by atoms with Gasteiger partial charge in [0.15, 0.2) is 5.96 Å². The number of carbonyl (C=O) groups excluding carboxylic acids is 8. The van der Waals surface area contributed by atoms with Gasteiger partial charge in [0.05, 0.1) is 30.7 Å². The van der Waals surface area contributed by atoms with Crippen molar-refractivity contribution in [3.63, 3.8) is 0 Å². The molecule has 1 aliphatic heterocycles. The minimum Gasteiger partial charge on any atom is -0.481 e. The summed E-state index contributed by atoms with van der Waals surface area (Å²) in [6.07, 6.45) is 0.641. The Kier molecular flexibility index (Phi) is 15.0. The summed E-state index contributed by atoms with van der Waals surface area (Å²) in [5.41, 5.74) is 17.8. The number of nitrogens with one attached hydrogen (secondary N) is 6. The summed E-state index contributed by atoms with van der Waals surface area (Å²) in [7, 11) is 0. The summed E-state index contributed by atoms with van der Waals surface area (Å²) < 4.78 is 0. The third-order valence-electron chi connectivity index (χ3n) is 8.80. The van der Waals surface area contributed by atoms with Gasteiger partial charge in [-0.1, -0.05) is 30.3 Å². The number of nitrogens with zero attached hydrogens (tertiary/aromatic N) is 2. The van der Waals surface area contributed by atoms with E-state index >= 15 is 0 Å². The molecule has 14 N–H and O–H groups in total. The van der Waals surface area contributed by atoms with E-state index in [0.717, 1.165) is 10.9 Å². The number of carboxylic acid groups (broad SMARTS) is 1. The second kappa shape index (κ2) is 20.0. The zero-order valence-corrected chi connectivity index (χ0v) is 30.9. The number of hydrogen-bond acceptors (Lipinski definition) is 11. The highest BCUT2D eigenvalue weighted by Gasteiger charge is 2.37. The van der Waals surface area contributed by atoms with Crippen molar-refractivity contribution >= 4 is 70.1 Å². The monoisotopic (exact) mass is 805 g/mol. The number of para-hydroxylation sites is 1. The molecule has 1 aromatic heterocycles. The molecule has 0 aliphatic carbocycles. The van der Waals surface area contributed by atoms with Crippen molar-refractivity contribution in [3.8, 4) is 0 Å². The fourth-order valence-corrected chi connectivity index (χ4v) is 5.94. The lowest BCUT2D eigenvalue weighted by Crippen LogP contribution is -2.57. The average molecular weight is 806 g/mol. The number of fused-ring (bicyclic) bond motifs is 2. The van der Waals surface area contributed by atoms with Gasteiger partial charge in [0.25, 0.3) is 11.8 Å². The molecular weight excluding hydrogens is 762 g/mol. The summed E-state index contributed by atoms with van der Waals surface area (Å²) in [5.74, 6) is -9.16. The molecule has 2 aromatic carbocycles. The minimum atomic E-state index is -1.71. The highest BCUT2D eigenvalue weighted by molar-refractivity contribution is 6.22. The van der Waals surface area contributed by atoms with Crippen LogP contribution in [0.2, 0.25) is 0 Å². The fourth-order valence-electron chi connectivity index (χ4n) is 5.94. The Morgan fingerprint density at radius 3 is 1.98 bits per heavy atom. The van der Waals surface area contributed by atoms with E-state index in [1.54, 1.807) is 42.6 Å². The van der Waals surface area contributed by atoms with Gasteiger partial charge in [-0.25, -0.2) is 0 Å². The SMILES string of the molecule is NC(=O)[C@H](Cc1c[nH]c2ccccc12)NC(=O)[C@H](CC(=O)O)NC(=O)CNC(=O)[C@H](CCCN=C(N)N)NC(=O)[C@H](CO)NC(=O)CN1C(=O)c2ccccc2C1=O. The molecule has 308 valence electrons. The first-order valence-corrected chi connectivity index (χ1v) is 17.7. The predicted molar refractivity (Wildman–Crippen MR) is 203 cm³/mol. The quantitative estimate of drug-likeness (QED) is 0.0212. The topological polar surface area (TPSA) is 364 Å². The Morgan fingerprint density at radius 1 is 0.759 bits per heavy atom. The average Bonchev–Trinajstić information content (AvgIpc) is 3.70. The van der Waals surface area contributed by atoms with Crippen LogP contribution >= 0.6 is 0 Å². The van der Waals surface area contributed by atoms with Crippen LogP contribution in [0.15, 0.2) is 59.7 Å². The van der Waals surface area contributed by atoms with Crippen molar-refractivity contribution in [2.24, 2.45) is 22.2 Å². The smallest absolute Gasteiger partial charge is 0.305 e. The van der Waals surface area contributed by atoms with Crippen LogP contribution in [0.5, 0.6) is 0 Å². The maximum absolute atomic E-state index is 13.3. The summed E-state index contributed by atoms with van der Waals surface area (Å²) in [6, 6.07) is 6.99. The molecule has 0 radical (unpaired) electrons. The van der Waals surface area contributed by atoms with Crippen molar-refractivity contribution in [3.05, 3.63) is 71.4 Å². The van der Waals surface area contributed by atoms with Gasteiger partial charge in [0.2, 0.25) is 35.4 Å². The maximum atomic E-state index is 13.3. The minimum absolute atomic E-state index is 0.0154. The number of benzene rings is 2. The van der Waals surface area contributed by atoms with E-state index in [-0.39, 0.29) is 42.9 Å². The zero-order chi connectivity index (χ0) is 42.5. The van der Waals surface area contributed by atoms with Gasteiger partial charge in [-0.3, -0.25) is 53.0 Å². The van der Waals surface area contributed by atoms with Gasteiger partial charge in [-0.15, -0.1) is 0 Å². The second-order valence-corrected chi connectivity index (χ2v) is 13.0. The van der Waals surface area contributed by atoms with Gasteiger partial charge in [-0.05, 0) is 36.6 Å². The molecule has 0 unspecified atom stereocenters. The van der Waals surface area contributed by atoms with Gasteiger partial charge < -0.3 is 59.0 Å². The fraction of sp³-hybridized carbons (Fsp3) is 0.333. The van der Waals surface area contributed by atoms with Crippen molar-refractivity contribution in [1.82, 2.24) is 36.5 Å². The van der Waals surface area contributed by atoms with Crippen LogP contribution in [-0.4, -0.2) is 130 Å². The number of aromatic amines is 1. The van der Waals surface area contributed by atoms with Gasteiger partial charge in [0.1, 0.15) is 30.7 Å². The molecule has 58 heavy (non-hydrogen) atoms. The number of aliphatic hydroxyl groups excluding tert-OH is 1. The number of amides is 8. The highest BCUT2D eigenvalue weighted by Crippen LogP contribution is 2.22. The number of nitrogens with two attached hydrogens (primary N) is 3. The van der Waals surface area contributed by atoms with E-state index < -0.39 is 104 Å². The number of aliphatic carboxylic acids is 1. The summed E-state index contributed by atoms with van der Waals surface area (Å²) in [6.45, 7) is -2.54. The first-order chi connectivity index (χ1) is 27.6. The molecule has 4 atom stereocenters. The number of rotatable bonds is 21. The molecule has 0 spiro atoms. The van der Waals surface area contributed by atoms with E-state index in [1.165, 1.54) is 12.1 Å². The molecule has 22 nitrogen and oxygen atoms in total. The predicted octanol–water partition coefficient (Wildman–Crippen LogP) is -3.93. The van der Waals surface area contributed by atoms with Crippen LogP contribution in [0.25, 0.3) is 10.9 Å². The molecular formula is C36H43N11O11. The number of aromatic nitrogens is 1. The Bertz CT molecular complexity index is 2080. The third kappa shape index (κ3) is 11.6. The molecule has 8 amide bonds. The number of primary amides is 1. The van der Waals surface area contributed by atoms with Gasteiger partial charge in [-0.2, -0.15) is 0 Å². The normalized spacial score (nSPS) is 14.0. The lowest BCUT2D eigenvalue weighted by atomic mass is 10.0. The van der Waals surface area contributed by atoms with Crippen LogP contribution in [0.4, 0.5) is 0 Å². The molecule has 22 heteroatoms. The number of aliphatic imine (C=N–C) groups is 1. The summed E-state index contributed by atoms with van der Waals surface area (Å²) >= 11 is 0. The zero-order valence-electron chi connectivity index (χ0n) is 30.9. The van der Waals surface area contributed by atoms with Crippen LogP contribution in [0.3, 0.4) is 0 Å². The molecule has 0 fully saturated rings. The van der Waals surface area contributed by atoms with Crippen molar-refractivity contribution < 1.29 is 53.4 Å². The number of H-pyrrole nitrogens is 1. The maximum Gasteiger partial charge on any atom is 0.305 e. The molecule has 1 aliphatic rings. The van der Waals surface area contributed by atoms with E-state index in [0.29, 0.717) is 10.5 Å². The summed E-state index contributed by atoms with van der Waals surface area (Å²) in [4.78, 5) is 122. The molecule has 3 aromatic rings. The van der Waals surface area contributed by atoms with Crippen molar-refractivity contribution in [1.29, 1.82) is 0 Å². The van der Waals surface area contributed by atoms with Crippen LogP contribution < -0.4 is 43.8 Å². The standard InChI is InChI=1S/C36H43N11O11/c37-30(53)24(12-18-14-41-22-9-4-3-6-19(18)22)46-32(55)25(13-29(51)52)43-27(49)15-42-31(54)23(10-5-11-40-36(38)39)45-33(56)26(17-48)44-28(50)16-47-34(57)20-7-1-2-8-21(20)35(47)58/h1-4,6-9,14,23-26,41,48H,5,10-13,15-17H2,(H2,37,53)(H,42,54)(H,43,49)(H,44,50)(H,45,56)(H,46,55)(H,51,52)(H4,38,39,40)/t23-,24-,25-,26-/m0/s1. The number of guanidine groups is 1. The Balaban J connectivity index is 1.36. The Hall–Kier alpha value is -7.36. The lowest BCUT2D eigenvalue weighted by Gasteiger charge is -2.23. The number of carbonyl (C=O) groups is 9. The van der Waals surface area contributed by atoms with Crippen LogP contribution in [0.1, 0.15) is 45.5 Å². The number of hydrogen-bond donors (Lipinski definition) is 11. The Labute approximate surface area is 329 Å². The number of carboxylic acids is 1. The molecule has 2 heterocycles. The molecule has 0 saturated carbocycles. The van der Waals surface area contributed by atoms with Gasteiger partial charge >= 0.3 is 5.97 Å². The molecule has 0 saturated heterocycles. The lowest BCUT2D eigenvalue weighted by molar-refractivity contribution is -0.141. The first kappa shape index (κ1) is 43.4. The number of aliphatic hydroxyl groups is 1. The third-order valence-corrected chi connectivity index (χ3v) is 8.80. The largest absolute Gasteiger partial charge is 0.481 e. The first-order valence-electron chi connectivity index (χ1n) is 17.7. The molecule has 0 bridgehead atoms.